The van der Waals surface area contributed by atoms with Gasteiger partial charge in [0.15, 0.2) is 0 Å². The summed E-state index contributed by atoms with van der Waals surface area (Å²) in [5.74, 6) is 0.196. The molecule has 0 aliphatic rings. The van der Waals surface area contributed by atoms with E-state index >= 15 is 0 Å². The van der Waals surface area contributed by atoms with E-state index < -0.39 is 0 Å². The Kier molecular flexibility index (Phi) is 4.84. The van der Waals surface area contributed by atoms with Crippen LogP contribution in [-0.4, -0.2) is 5.91 Å². The lowest BCUT2D eigenvalue weighted by Crippen LogP contribution is -2.14. The maximum atomic E-state index is 12.3. The van der Waals surface area contributed by atoms with Crippen molar-refractivity contribution in [1.82, 2.24) is 0 Å². The molecule has 0 heterocycles. The fourth-order valence-corrected chi connectivity index (χ4v) is 2.84. The molecule has 20 heavy (non-hydrogen) atoms. The molecule has 0 aliphatic heterocycles. The highest BCUT2D eigenvalue weighted by Gasteiger charge is 2.13. The minimum Gasteiger partial charge on any atom is -0.322 e. The number of hydrogen-bond donors (Lipinski definition) is 1. The Labute approximate surface area is 132 Å². The van der Waals surface area contributed by atoms with Crippen LogP contribution in [0.5, 0.6) is 0 Å². The Morgan fingerprint density at radius 3 is 2.55 bits per heavy atom. The van der Waals surface area contributed by atoms with E-state index in [2.05, 4.69) is 35.1 Å². The van der Waals surface area contributed by atoms with Gasteiger partial charge in [-0.25, -0.2) is 0 Å². The van der Waals surface area contributed by atoms with Crippen LogP contribution in [0.4, 0.5) is 5.69 Å². The normalized spacial score (nSPS) is 10.7. The summed E-state index contributed by atoms with van der Waals surface area (Å²) in [7, 11) is 0. The summed E-state index contributed by atoms with van der Waals surface area (Å²) in [4.78, 5) is 12.3. The lowest BCUT2D eigenvalue weighted by molar-refractivity contribution is 0.102. The lowest BCUT2D eigenvalue weighted by atomic mass is 10.0. The third kappa shape index (κ3) is 3.41. The summed E-state index contributed by atoms with van der Waals surface area (Å²) in [5, 5.41) is 3.55. The molecule has 0 aromatic heterocycles. The number of carbonyl (C=O) groups excluding carboxylic acids is 1. The standard InChI is InChI=1S/C16H15BrClNO/c1-10(2)12-5-3-4-6-15(12)19-16(20)13-8-7-11(18)9-14(13)17/h3-10H,1-2H3,(H,19,20). The Morgan fingerprint density at radius 2 is 1.90 bits per heavy atom. The fraction of sp³-hybridized carbons (Fsp3) is 0.188. The van der Waals surface area contributed by atoms with Gasteiger partial charge in [-0.3, -0.25) is 4.79 Å². The first kappa shape index (κ1) is 15.1. The summed E-state index contributed by atoms with van der Waals surface area (Å²) in [6.45, 7) is 4.20. The molecule has 2 nitrogen and oxygen atoms in total. The Hall–Kier alpha value is -1.32. The van der Waals surface area contributed by atoms with Crippen LogP contribution in [0.25, 0.3) is 0 Å². The molecule has 0 fully saturated rings. The van der Waals surface area contributed by atoms with Crippen molar-refractivity contribution in [3.8, 4) is 0 Å². The maximum Gasteiger partial charge on any atom is 0.256 e. The molecular formula is C16H15BrClNO. The van der Waals surface area contributed by atoms with Gasteiger partial charge in [-0.05, 0) is 51.7 Å². The first-order valence-electron chi connectivity index (χ1n) is 6.34. The Morgan fingerprint density at radius 1 is 1.20 bits per heavy atom. The van der Waals surface area contributed by atoms with E-state index in [0.717, 1.165) is 11.3 Å². The van der Waals surface area contributed by atoms with E-state index in [-0.39, 0.29) is 5.91 Å². The van der Waals surface area contributed by atoms with Crippen LogP contribution in [-0.2, 0) is 0 Å². The molecule has 1 amide bonds. The quantitative estimate of drug-likeness (QED) is 0.779. The fourth-order valence-electron chi connectivity index (χ4n) is 1.98. The Balaban J connectivity index is 2.28. The van der Waals surface area contributed by atoms with E-state index in [9.17, 15) is 4.79 Å². The van der Waals surface area contributed by atoms with Crippen molar-refractivity contribution in [2.75, 3.05) is 5.32 Å². The molecule has 0 radical (unpaired) electrons. The molecular weight excluding hydrogens is 338 g/mol. The van der Waals surface area contributed by atoms with Gasteiger partial charge in [-0.2, -0.15) is 0 Å². The first-order valence-corrected chi connectivity index (χ1v) is 7.51. The maximum absolute atomic E-state index is 12.3. The average molecular weight is 353 g/mol. The number of benzene rings is 2. The molecule has 0 saturated carbocycles. The van der Waals surface area contributed by atoms with Gasteiger partial charge in [0.05, 0.1) is 5.56 Å². The molecule has 2 aromatic rings. The van der Waals surface area contributed by atoms with Crippen molar-refractivity contribution >= 4 is 39.1 Å². The van der Waals surface area contributed by atoms with Crippen LogP contribution in [0.2, 0.25) is 5.02 Å². The molecule has 0 unspecified atom stereocenters. The molecule has 0 spiro atoms. The van der Waals surface area contributed by atoms with Crippen LogP contribution in [0.1, 0.15) is 35.7 Å². The second-order valence-corrected chi connectivity index (χ2v) is 6.11. The molecule has 104 valence electrons. The van der Waals surface area contributed by atoms with Crippen molar-refractivity contribution in [3.63, 3.8) is 0 Å². The van der Waals surface area contributed by atoms with Crippen molar-refractivity contribution < 1.29 is 4.79 Å². The average Bonchev–Trinajstić information content (AvgIpc) is 2.38. The predicted molar refractivity (Wildman–Crippen MR) is 87.6 cm³/mol. The van der Waals surface area contributed by atoms with E-state index in [1.165, 1.54) is 0 Å². The largest absolute Gasteiger partial charge is 0.322 e. The highest BCUT2D eigenvalue weighted by atomic mass is 79.9. The van der Waals surface area contributed by atoms with E-state index in [0.29, 0.717) is 21.0 Å². The summed E-state index contributed by atoms with van der Waals surface area (Å²) in [5.41, 5.74) is 2.52. The SMILES string of the molecule is CC(C)c1ccccc1NC(=O)c1ccc(Cl)cc1Br. The minimum atomic E-state index is -0.151. The zero-order valence-electron chi connectivity index (χ0n) is 11.3. The van der Waals surface area contributed by atoms with Crippen molar-refractivity contribution in [2.45, 2.75) is 19.8 Å². The number of halogens is 2. The van der Waals surface area contributed by atoms with Crippen molar-refractivity contribution in [1.29, 1.82) is 0 Å². The van der Waals surface area contributed by atoms with Gasteiger partial charge >= 0.3 is 0 Å². The highest BCUT2D eigenvalue weighted by molar-refractivity contribution is 9.10. The van der Waals surface area contributed by atoms with Gasteiger partial charge in [0.25, 0.3) is 5.91 Å². The summed E-state index contributed by atoms with van der Waals surface area (Å²) in [6.07, 6.45) is 0. The van der Waals surface area contributed by atoms with Crippen LogP contribution < -0.4 is 5.32 Å². The van der Waals surface area contributed by atoms with Crippen molar-refractivity contribution in [3.05, 3.63) is 63.1 Å². The number of para-hydroxylation sites is 1. The van der Waals surface area contributed by atoms with Gasteiger partial charge in [-0.15, -0.1) is 0 Å². The summed E-state index contributed by atoms with van der Waals surface area (Å²) >= 11 is 9.25. The smallest absolute Gasteiger partial charge is 0.256 e. The molecule has 0 saturated heterocycles. The molecule has 2 rings (SSSR count). The number of rotatable bonds is 3. The van der Waals surface area contributed by atoms with Crippen LogP contribution >= 0.6 is 27.5 Å². The number of carbonyl (C=O) groups is 1. The van der Waals surface area contributed by atoms with Gasteiger partial charge in [0.1, 0.15) is 0 Å². The molecule has 0 atom stereocenters. The van der Waals surface area contributed by atoms with Gasteiger partial charge in [-0.1, -0.05) is 43.6 Å². The first-order chi connectivity index (χ1) is 9.49. The molecule has 2 aromatic carbocycles. The second-order valence-electron chi connectivity index (χ2n) is 4.82. The van der Waals surface area contributed by atoms with Crippen LogP contribution in [0.15, 0.2) is 46.9 Å². The minimum absolute atomic E-state index is 0.151. The third-order valence-electron chi connectivity index (χ3n) is 3.01. The third-order valence-corrected chi connectivity index (χ3v) is 3.90. The zero-order valence-corrected chi connectivity index (χ0v) is 13.6. The van der Waals surface area contributed by atoms with Crippen molar-refractivity contribution in [2.24, 2.45) is 0 Å². The number of nitrogens with one attached hydrogen (secondary N) is 1. The monoisotopic (exact) mass is 351 g/mol. The number of amides is 1. The molecule has 0 bridgehead atoms. The van der Waals surface area contributed by atoms with E-state index in [4.69, 9.17) is 11.6 Å². The Bertz CT molecular complexity index is 640. The van der Waals surface area contributed by atoms with Gasteiger partial charge in [0.2, 0.25) is 0 Å². The molecule has 4 heteroatoms. The zero-order chi connectivity index (χ0) is 14.7. The predicted octanol–water partition coefficient (Wildman–Crippen LogP) is 5.48. The highest BCUT2D eigenvalue weighted by Crippen LogP contribution is 2.26. The lowest BCUT2D eigenvalue weighted by Gasteiger charge is -2.14. The van der Waals surface area contributed by atoms with Gasteiger partial charge in [0, 0.05) is 15.2 Å². The van der Waals surface area contributed by atoms with Gasteiger partial charge < -0.3 is 5.32 Å². The summed E-state index contributed by atoms with van der Waals surface area (Å²) in [6, 6.07) is 13.0. The van der Waals surface area contributed by atoms with Crippen LogP contribution in [0.3, 0.4) is 0 Å². The second kappa shape index (κ2) is 6.42. The number of hydrogen-bond acceptors (Lipinski definition) is 1. The molecule has 0 aliphatic carbocycles. The number of anilines is 1. The molecule has 1 N–H and O–H groups in total. The van der Waals surface area contributed by atoms with E-state index in [1.54, 1.807) is 18.2 Å². The van der Waals surface area contributed by atoms with E-state index in [1.807, 2.05) is 24.3 Å². The topological polar surface area (TPSA) is 29.1 Å². The van der Waals surface area contributed by atoms with Crippen LogP contribution in [0, 0.1) is 0 Å². The summed E-state index contributed by atoms with van der Waals surface area (Å²) < 4.78 is 0.685.